The highest BCUT2D eigenvalue weighted by molar-refractivity contribution is 7.17. The fourth-order valence-electron chi connectivity index (χ4n) is 2.92. The Morgan fingerprint density at radius 2 is 2.30 bits per heavy atom. The highest BCUT2D eigenvalue weighted by Crippen LogP contribution is 2.48. The second kappa shape index (κ2) is 6.10. The third kappa shape index (κ3) is 2.91. The number of hydrogen-bond donors (Lipinski definition) is 2. The van der Waals surface area contributed by atoms with Crippen molar-refractivity contribution >= 4 is 40.6 Å². The van der Waals surface area contributed by atoms with Crippen LogP contribution < -0.4 is 0 Å². The number of thiophene rings is 1. The minimum absolute atomic E-state index is 0.352. The van der Waals surface area contributed by atoms with Crippen molar-refractivity contribution in [1.29, 1.82) is 0 Å². The van der Waals surface area contributed by atoms with Crippen LogP contribution in [0.2, 0.25) is 9.36 Å². The molecular formula is C13H17Cl2NO3S. The number of hydrogen-bond acceptors (Lipinski definition) is 3. The normalized spacial score (nSPS) is 24.1. The molecule has 112 valence electrons. The van der Waals surface area contributed by atoms with Gasteiger partial charge in [-0.3, -0.25) is 0 Å². The summed E-state index contributed by atoms with van der Waals surface area (Å²) in [6.45, 7) is 2.84. The highest BCUT2D eigenvalue weighted by Gasteiger charge is 2.45. The highest BCUT2D eigenvalue weighted by atomic mass is 35.5. The van der Waals surface area contributed by atoms with E-state index >= 15 is 0 Å². The third-order valence-corrected chi connectivity index (χ3v) is 5.84. The predicted octanol–water partition coefficient (Wildman–Crippen LogP) is 4.26. The van der Waals surface area contributed by atoms with E-state index in [2.05, 4.69) is 0 Å². The summed E-state index contributed by atoms with van der Waals surface area (Å²) in [5, 5.41) is 20.3. The van der Waals surface area contributed by atoms with Crippen molar-refractivity contribution in [3.63, 3.8) is 0 Å². The summed E-state index contributed by atoms with van der Waals surface area (Å²) in [5.41, 5.74) is -0.440. The van der Waals surface area contributed by atoms with Crippen LogP contribution in [-0.2, 0) is 0 Å². The van der Waals surface area contributed by atoms with Gasteiger partial charge in [0.2, 0.25) is 0 Å². The van der Waals surface area contributed by atoms with Crippen LogP contribution >= 0.6 is 34.5 Å². The quantitative estimate of drug-likeness (QED) is 0.862. The molecule has 0 spiro atoms. The maximum atomic E-state index is 11.1. The van der Waals surface area contributed by atoms with Gasteiger partial charge in [-0.2, -0.15) is 0 Å². The Hall–Kier alpha value is -0.490. The van der Waals surface area contributed by atoms with Gasteiger partial charge in [-0.25, -0.2) is 4.79 Å². The number of nitrogens with zero attached hydrogens (tertiary/aromatic N) is 1. The number of aliphatic hydroxyl groups excluding tert-OH is 1. The van der Waals surface area contributed by atoms with Crippen LogP contribution in [0.3, 0.4) is 0 Å². The lowest BCUT2D eigenvalue weighted by molar-refractivity contribution is 0.0247. The Kier molecular flexibility index (Phi) is 4.84. The number of carbonyl (C=O) groups is 1. The van der Waals surface area contributed by atoms with E-state index in [4.69, 9.17) is 28.3 Å². The molecule has 1 fully saturated rings. The summed E-state index contributed by atoms with van der Waals surface area (Å²) >= 11 is 13.2. The number of halogens is 2. The van der Waals surface area contributed by atoms with Crippen LogP contribution in [0.25, 0.3) is 0 Å². The maximum Gasteiger partial charge on any atom is 0.407 e. The largest absolute Gasteiger partial charge is 0.465 e. The van der Waals surface area contributed by atoms with Crippen molar-refractivity contribution in [2.75, 3.05) is 13.1 Å². The number of carboxylic acid groups (broad SMARTS) is 1. The summed E-state index contributed by atoms with van der Waals surface area (Å²) in [7, 11) is 0. The zero-order valence-corrected chi connectivity index (χ0v) is 13.4. The molecule has 0 aromatic carbocycles. The van der Waals surface area contributed by atoms with E-state index < -0.39 is 17.6 Å². The molecule has 20 heavy (non-hydrogen) atoms. The molecule has 0 saturated carbocycles. The van der Waals surface area contributed by atoms with Gasteiger partial charge in [0.25, 0.3) is 0 Å². The average molecular weight is 338 g/mol. The van der Waals surface area contributed by atoms with Gasteiger partial charge in [0.15, 0.2) is 0 Å². The fourth-order valence-corrected chi connectivity index (χ4v) is 4.44. The topological polar surface area (TPSA) is 60.8 Å². The van der Waals surface area contributed by atoms with Crippen molar-refractivity contribution < 1.29 is 15.0 Å². The van der Waals surface area contributed by atoms with Crippen LogP contribution in [0, 0.1) is 5.41 Å². The monoisotopic (exact) mass is 337 g/mol. The minimum atomic E-state index is -0.933. The predicted molar refractivity (Wildman–Crippen MR) is 80.9 cm³/mol. The van der Waals surface area contributed by atoms with Gasteiger partial charge in [0.05, 0.1) is 11.1 Å². The second-order valence-electron chi connectivity index (χ2n) is 5.24. The van der Waals surface area contributed by atoms with Gasteiger partial charge >= 0.3 is 6.09 Å². The first kappa shape index (κ1) is 15.9. The lowest BCUT2D eigenvalue weighted by Gasteiger charge is -2.33. The van der Waals surface area contributed by atoms with Gasteiger partial charge in [0, 0.05) is 23.4 Å². The average Bonchev–Trinajstić information content (AvgIpc) is 2.95. The molecule has 2 atom stereocenters. The Labute approximate surface area is 131 Å². The Balaban J connectivity index is 2.26. The lowest BCUT2D eigenvalue weighted by Crippen LogP contribution is -2.34. The molecule has 1 amide bonds. The van der Waals surface area contributed by atoms with Crippen LogP contribution in [0.5, 0.6) is 0 Å². The SMILES string of the molecule is CCCC1(C(O)c2cc(Cl)c(Cl)s2)CCN(C(=O)O)C1. The first-order chi connectivity index (χ1) is 9.39. The molecule has 1 aliphatic heterocycles. The zero-order valence-electron chi connectivity index (χ0n) is 11.1. The van der Waals surface area contributed by atoms with Gasteiger partial charge in [-0.15, -0.1) is 11.3 Å². The molecule has 0 radical (unpaired) electrons. The van der Waals surface area contributed by atoms with Crippen molar-refractivity contribution in [3.8, 4) is 0 Å². The first-order valence-electron chi connectivity index (χ1n) is 6.50. The standard InChI is InChI=1S/C13H17Cl2NO3S/c1-2-3-13(4-5-16(7-13)12(18)19)10(17)9-6-8(14)11(15)20-9/h6,10,17H,2-5,7H2,1H3,(H,18,19). The molecule has 1 aromatic heterocycles. The number of amides is 1. The lowest BCUT2D eigenvalue weighted by atomic mass is 9.76. The molecule has 2 rings (SSSR count). The molecular weight excluding hydrogens is 321 g/mol. The molecule has 2 unspecified atom stereocenters. The van der Waals surface area contributed by atoms with E-state index in [1.54, 1.807) is 6.07 Å². The van der Waals surface area contributed by atoms with Crippen molar-refractivity contribution in [2.45, 2.75) is 32.3 Å². The second-order valence-corrected chi connectivity index (χ2v) is 7.33. The molecule has 4 nitrogen and oxygen atoms in total. The summed E-state index contributed by atoms with van der Waals surface area (Å²) in [5.74, 6) is 0. The van der Waals surface area contributed by atoms with Crippen LogP contribution in [0.1, 0.15) is 37.2 Å². The fraction of sp³-hybridized carbons (Fsp3) is 0.615. The van der Waals surface area contributed by atoms with Crippen LogP contribution in [-0.4, -0.2) is 34.3 Å². The smallest absolute Gasteiger partial charge is 0.407 e. The molecule has 2 heterocycles. The Morgan fingerprint density at radius 3 is 2.75 bits per heavy atom. The van der Waals surface area contributed by atoms with Gasteiger partial charge in [-0.05, 0) is 18.9 Å². The Morgan fingerprint density at radius 1 is 1.60 bits per heavy atom. The maximum absolute atomic E-state index is 11.1. The van der Waals surface area contributed by atoms with Gasteiger partial charge in [-0.1, -0.05) is 36.5 Å². The molecule has 2 N–H and O–H groups in total. The molecule has 7 heteroatoms. The third-order valence-electron chi connectivity index (χ3n) is 3.92. The van der Waals surface area contributed by atoms with E-state index in [0.717, 1.165) is 12.8 Å². The summed E-state index contributed by atoms with van der Waals surface area (Å²) in [4.78, 5) is 13.2. The van der Waals surface area contributed by atoms with Crippen molar-refractivity contribution in [2.24, 2.45) is 5.41 Å². The number of rotatable bonds is 4. The Bertz CT molecular complexity index is 488. The summed E-state index contributed by atoms with van der Waals surface area (Å²) in [6.07, 6.45) is 0.642. The van der Waals surface area contributed by atoms with Gasteiger partial charge in [0.1, 0.15) is 4.34 Å². The van der Waals surface area contributed by atoms with Crippen LogP contribution in [0.4, 0.5) is 4.79 Å². The molecule has 0 aliphatic carbocycles. The summed E-state index contributed by atoms with van der Waals surface area (Å²) < 4.78 is 0.459. The molecule has 1 saturated heterocycles. The van der Waals surface area contributed by atoms with Crippen LogP contribution in [0.15, 0.2) is 6.07 Å². The van der Waals surface area contributed by atoms with E-state index in [-0.39, 0.29) is 0 Å². The molecule has 0 bridgehead atoms. The minimum Gasteiger partial charge on any atom is -0.465 e. The summed E-state index contributed by atoms with van der Waals surface area (Å²) in [6, 6.07) is 1.68. The van der Waals surface area contributed by atoms with E-state index in [0.29, 0.717) is 33.7 Å². The zero-order chi connectivity index (χ0) is 14.9. The number of likely N-dealkylation sites (tertiary alicyclic amines) is 1. The van der Waals surface area contributed by atoms with Crippen molar-refractivity contribution in [1.82, 2.24) is 4.90 Å². The first-order valence-corrected chi connectivity index (χ1v) is 8.07. The number of aliphatic hydroxyl groups is 1. The van der Waals surface area contributed by atoms with E-state index in [1.807, 2.05) is 6.92 Å². The van der Waals surface area contributed by atoms with E-state index in [9.17, 15) is 9.90 Å². The van der Waals surface area contributed by atoms with Crippen molar-refractivity contribution in [3.05, 3.63) is 20.3 Å². The van der Waals surface area contributed by atoms with Gasteiger partial charge < -0.3 is 15.1 Å². The molecule has 1 aliphatic rings. The van der Waals surface area contributed by atoms with E-state index in [1.165, 1.54) is 16.2 Å². The molecule has 1 aromatic rings.